The fraction of sp³-hybridized carbons (Fsp3) is 1.00. The third-order valence-corrected chi connectivity index (χ3v) is 5.68. The Balaban J connectivity index is 1.48. The molecule has 0 saturated heterocycles. The van der Waals surface area contributed by atoms with Crippen molar-refractivity contribution in [3.63, 3.8) is 0 Å². The molecule has 124 valence electrons. The van der Waals surface area contributed by atoms with Crippen LogP contribution in [-0.2, 0) is 0 Å². The highest BCUT2D eigenvalue weighted by molar-refractivity contribution is 4.85. The molecule has 4 N–H and O–H groups in total. The zero-order valence-corrected chi connectivity index (χ0v) is 14.1. The van der Waals surface area contributed by atoms with Gasteiger partial charge >= 0.3 is 0 Å². The van der Waals surface area contributed by atoms with Gasteiger partial charge in [0.15, 0.2) is 0 Å². The molecule has 2 saturated carbocycles. The predicted molar refractivity (Wildman–Crippen MR) is 91.4 cm³/mol. The summed E-state index contributed by atoms with van der Waals surface area (Å²) in [5, 5.41) is 7.13. The summed E-state index contributed by atoms with van der Waals surface area (Å²) in [6.45, 7) is 7.86. The van der Waals surface area contributed by atoms with Crippen LogP contribution in [0.2, 0.25) is 0 Å². The second-order valence-corrected chi connectivity index (χ2v) is 7.57. The molecule has 0 bridgehead atoms. The lowest BCUT2D eigenvalue weighted by Crippen LogP contribution is -2.35. The Morgan fingerprint density at radius 2 is 1.57 bits per heavy atom. The van der Waals surface area contributed by atoms with Crippen molar-refractivity contribution in [3.05, 3.63) is 0 Å². The normalized spacial score (nSPS) is 32.9. The Morgan fingerprint density at radius 3 is 2.43 bits per heavy atom. The molecule has 0 aromatic rings. The van der Waals surface area contributed by atoms with Gasteiger partial charge in [-0.1, -0.05) is 13.3 Å². The molecule has 0 radical (unpaired) electrons. The maximum atomic E-state index is 5.48. The van der Waals surface area contributed by atoms with Crippen LogP contribution in [0.15, 0.2) is 0 Å². The fourth-order valence-corrected chi connectivity index (χ4v) is 4.40. The predicted octanol–water partition coefficient (Wildman–Crippen LogP) is 2.76. The number of hydrogen-bond acceptors (Lipinski definition) is 3. The minimum absolute atomic E-state index is 0.799. The lowest BCUT2D eigenvalue weighted by Gasteiger charge is -2.41. The highest BCUT2D eigenvalue weighted by Crippen LogP contribution is 2.44. The van der Waals surface area contributed by atoms with Gasteiger partial charge in [-0.15, -0.1) is 0 Å². The molecular weight excluding hydrogens is 258 g/mol. The van der Waals surface area contributed by atoms with E-state index in [-0.39, 0.29) is 0 Å². The van der Waals surface area contributed by atoms with E-state index < -0.39 is 0 Å². The minimum Gasteiger partial charge on any atom is -0.330 e. The first-order valence-corrected chi connectivity index (χ1v) is 9.41. The summed E-state index contributed by atoms with van der Waals surface area (Å²) in [6, 6.07) is 0. The van der Waals surface area contributed by atoms with E-state index in [4.69, 9.17) is 5.73 Å². The lowest BCUT2D eigenvalue weighted by atomic mass is 9.65. The van der Waals surface area contributed by atoms with Gasteiger partial charge in [-0.2, -0.15) is 0 Å². The molecule has 2 aliphatic rings. The lowest BCUT2D eigenvalue weighted by molar-refractivity contribution is 0.103. The Hall–Kier alpha value is -0.120. The van der Waals surface area contributed by atoms with E-state index in [1.165, 1.54) is 51.5 Å². The Bertz CT molecular complexity index is 269. The van der Waals surface area contributed by atoms with E-state index in [0.717, 1.165) is 56.3 Å². The first kappa shape index (κ1) is 17.2. The van der Waals surface area contributed by atoms with Crippen LogP contribution in [-0.4, -0.2) is 32.7 Å². The molecule has 4 unspecified atom stereocenters. The summed E-state index contributed by atoms with van der Waals surface area (Å²) in [5.74, 6) is 4.06. The Kier molecular flexibility index (Phi) is 8.05. The molecule has 3 heteroatoms. The van der Waals surface area contributed by atoms with E-state index in [0.29, 0.717) is 0 Å². The van der Waals surface area contributed by atoms with Crippen molar-refractivity contribution in [2.24, 2.45) is 29.4 Å². The largest absolute Gasteiger partial charge is 0.330 e. The van der Waals surface area contributed by atoms with Gasteiger partial charge in [0.25, 0.3) is 0 Å². The van der Waals surface area contributed by atoms with Gasteiger partial charge in [0.05, 0.1) is 0 Å². The molecule has 0 heterocycles. The first-order valence-electron chi connectivity index (χ1n) is 9.41. The molecule has 2 aliphatic carbocycles. The van der Waals surface area contributed by atoms with Crippen molar-refractivity contribution in [3.8, 4) is 0 Å². The second-order valence-electron chi connectivity index (χ2n) is 7.57. The average molecular weight is 296 g/mol. The molecule has 0 aromatic carbocycles. The second kappa shape index (κ2) is 9.81. The zero-order valence-electron chi connectivity index (χ0n) is 14.1. The number of fused-ring (bicyclic) bond motifs is 1. The van der Waals surface area contributed by atoms with Crippen LogP contribution in [0.1, 0.15) is 58.3 Å². The quantitative estimate of drug-likeness (QED) is 0.573. The Morgan fingerprint density at radius 1 is 0.857 bits per heavy atom. The van der Waals surface area contributed by atoms with Gasteiger partial charge in [-0.05, 0) is 101 Å². The molecule has 3 nitrogen and oxygen atoms in total. The van der Waals surface area contributed by atoms with Crippen LogP contribution >= 0.6 is 0 Å². The van der Waals surface area contributed by atoms with Crippen LogP contribution in [0.25, 0.3) is 0 Å². The summed E-state index contributed by atoms with van der Waals surface area (Å²) < 4.78 is 0. The molecule has 0 aromatic heterocycles. The van der Waals surface area contributed by atoms with Gasteiger partial charge in [-0.25, -0.2) is 0 Å². The molecule has 0 spiro atoms. The monoisotopic (exact) mass is 295 g/mol. The van der Waals surface area contributed by atoms with Gasteiger partial charge in [0.1, 0.15) is 0 Å². The summed E-state index contributed by atoms with van der Waals surface area (Å²) in [7, 11) is 0. The van der Waals surface area contributed by atoms with Crippen LogP contribution in [0.5, 0.6) is 0 Å². The summed E-state index contributed by atoms with van der Waals surface area (Å²) >= 11 is 0. The third kappa shape index (κ3) is 6.25. The maximum Gasteiger partial charge on any atom is -0.00204 e. The summed E-state index contributed by atoms with van der Waals surface area (Å²) in [4.78, 5) is 0. The van der Waals surface area contributed by atoms with Crippen molar-refractivity contribution in [1.82, 2.24) is 10.6 Å². The third-order valence-electron chi connectivity index (χ3n) is 5.68. The molecule has 2 fully saturated rings. The van der Waals surface area contributed by atoms with Crippen molar-refractivity contribution in [1.29, 1.82) is 0 Å². The van der Waals surface area contributed by atoms with Crippen LogP contribution < -0.4 is 16.4 Å². The van der Waals surface area contributed by atoms with E-state index in [2.05, 4.69) is 17.6 Å². The smallest absolute Gasteiger partial charge is 0.00204 e. The van der Waals surface area contributed by atoms with Crippen molar-refractivity contribution >= 4 is 0 Å². The molecular formula is C18H37N3. The number of nitrogens with one attached hydrogen (secondary N) is 2. The summed E-state index contributed by atoms with van der Waals surface area (Å²) in [6.07, 6.45) is 11.3. The van der Waals surface area contributed by atoms with Crippen molar-refractivity contribution in [2.45, 2.75) is 58.3 Å². The number of hydrogen-bond donors (Lipinski definition) is 3. The fourth-order valence-electron chi connectivity index (χ4n) is 4.40. The van der Waals surface area contributed by atoms with Crippen LogP contribution in [0, 0.1) is 23.7 Å². The maximum absolute atomic E-state index is 5.48. The van der Waals surface area contributed by atoms with E-state index in [9.17, 15) is 0 Å². The van der Waals surface area contributed by atoms with Crippen LogP contribution in [0.4, 0.5) is 0 Å². The van der Waals surface area contributed by atoms with E-state index in [1.807, 2.05) is 0 Å². The van der Waals surface area contributed by atoms with Gasteiger partial charge in [0, 0.05) is 0 Å². The van der Waals surface area contributed by atoms with Gasteiger partial charge in [-0.3, -0.25) is 0 Å². The van der Waals surface area contributed by atoms with Crippen LogP contribution in [0.3, 0.4) is 0 Å². The van der Waals surface area contributed by atoms with E-state index in [1.54, 1.807) is 0 Å². The van der Waals surface area contributed by atoms with Gasteiger partial charge < -0.3 is 16.4 Å². The molecule has 21 heavy (non-hydrogen) atoms. The average Bonchev–Trinajstić information content (AvgIpc) is 2.50. The highest BCUT2D eigenvalue weighted by Gasteiger charge is 2.33. The summed E-state index contributed by atoms with van der Waals surface area (Å²) in [5.41, 5.74) is 5.48. The topological polar surface area (TPSA) is 50.1 Å². The molecule has 2 rings (SSSR count). The van der Waals surface area contributed by atoms with E-state index >= 15 is 0 Å². The number of nitrogens with two attached hydrogens (primary N) is 1. The Labute approximate surface area is 131 Å². The van der Waals surface area contributed by atoms with Crippen molar-refractivity contribution < 1.29 is 0 Å². The first-order chi connectivity index (χ1) is 10.3. The molecule has 0 amide bonds. The molecule has 4 atom stereocenters. The minimum atomic E-state index is 0.799. The molecule has 0 aliphatic heterocycles. The number of rotatable bonds is 9. The zero-order chi connectivity index (χ0) is 14.9. The highest BCUT2D eigenvalue weighted by atomic mass is 14.9. The van der Waals surface area contributed by atoms with Gasteiger partial charge in [0.2, 0.25) is 0 Å². The van der Waals surface area contributed by atoms with Crippen molar-refractivity contribution in [2.75, 3.05) is 32.7 Å². The standard InChI is InChI=1S/C18H37N3/c1-15-4-6-18-13-16(5-7-17(18)12-15)14-21-11-3-10-20-9-2-8-19/h15-18,20-21H,2-14,19H2,1H3. The SMILES string of the molecule is CC1CCC2CC(CNCCCNCCCN)CCC2C1.